The lowest BCUT2D eigenvalue weighted by Crippen LogP contribution is -2.27. The van der Waals surface area contributed by atoms with Crippen LogP contribution in [0.2, 0.25) is 0 Å². The van der Waals surface area contributed by atoms with Crippen molar-refractivity contribution in [2.24, 2.45) is 0 Å². The number of hydrogen-bond donors (Lipinski definition) is 2. The molecule has 31 heavy (non-hydrogen) atoms. The number of nitrogens with one attached hydrogen (secondary N) is 2. The van der Waals surface area contributed by atoms with Crippen LogP contribution < -0.4 is 10.0 Å². The number of rotatable bonds is 8. The van der Waals surface area contributed by atoms with Crippen molar-refractivity contribution in [1.82, 2.24) is 5.32 Å². The number of carbonyl (C=O) groups is 1. The van der Waals surface area contributed by atoms with Gasteiger partial charge in [0.15, 0.2) is 0 Å². The van der Waals surface area contributed by atoms with E-state index in [1.165, 1.54) is 38.2 Å². The van der Waals surface area contributed by atoms with Crippen LogP contribution in [0.4, 0.5) is 5.69 Å². The van der Waals surface area contributed by atoms with Gasteiger partial charge < -0.3 is 5.32 Å². The van der Waals surface area contributed by atoms with Crippen molar-refractivity contribution in [1.29, 1.82) is 0 Å². The summed E-state index contributed by atoms with van der Waals surface area (Å²) in [5.41, 5.74) is 3.40. The molecule has 2 aromatic carbocycles. The summed E-state index contributed by atoms with van der Waals surface area (Å²) >= 11 is 1.93. The van der Waals surface area contributed by atoms with E-state index >= 15 is 0 Å². The van der Waals surface area contributed by atoms with Crippen molar-refractivity contribution in [2.75, 3.05) is 17.0 Å². The van der Waals surface area contributed by atoms with Gasteiger partial charge in [0.05, 0.1) is 10.6 Å². The number of amides is 1. The highest BCUT2D eigenvalue weighted by Gasteiger charge is 2.20. The number of hydrogen-bond acceptors (Lipinski definition) is 4. The number of carbonyl (C=O) groups excluding carboxylic acids is 1. The molecule has 0 aliphatic heterocycles. The van der Waals surface area contributed by atoms with Crippen LogP contribution in [-0.4, -0.2) is 31.9 Å². The maximum atomic E-state index is 13.1. The third-order valence-corrected chi connectivity index (χ3v) is 8.77. The number of sulfonamides is 1. The van der Waals surface area contributed by atoms with E-state index in [1.54, 1.807) is 25.1 Å². The molecule has 0 aromatic heterocycles. The molecule has 1 amide bonds. The minimum Gasteiger partial charge on any atom is -0.351 e. The average Bonchev–Trinajstić information content (AvgIpc) is 2.75. The highest BCUT2D eigenvalue weighted by Crippen LogP contribution is 2.28. The molecule has 3 rings (SSSR count). The Kier molecular flexibility index (Phi) is 8.06. The van der Waals surface area contributed by atoms with E-state index in [9.17, 15) is 13.2 Å². The first-order valence-electron chi connectivity index (χ1n) is 10.9. The van der Waals surface area contributed by atoms with Crippen molar-refractivity contribution in [3.05, 3.63) is 58.7 Å². The minimum atomic E-state index is -3.81. The SMILES string of the molecule is Cc1ccc(C(=O)NCCSC2CCCCC2)cc1S(=O)(=O)Nc1cccc(C)c1C. The summed E-state index contributed by atoms with van der Waals surface area (Å²) in [6.07, 6.45) is 6.49. The minimum absolute atomic E-state index is 0.123. The van der Waals surface area contributed by atoms with Gasteiger partial charge in [-0.15, -0.1) is 0 Å². The smallest absolute Gasteiger partial charge is 0.262 e. The summed E-state index contributed by atoms with van der Waals surface area (Å²) in [6, 6.07) is 10.3. The quantitative estimate of drug-likeness (QED) is 0.531. The molecule has 2 aromatic rings. The molecule has 0 unspecified atom stereocenters. The maximum absolute atomic E-state index is 13.1. The lowest BCUT2D eigenvalue weighted by atomic mass is 10.0. The predicted octanol–water partition coefficient (Wildman–Crippen LogP) is 5.21. The topological polar surface area (TPSA) is 75.3 Å². The fraction of sp³-hybridized carbons (Fsp3) is 0.458. The number of aryl methyl sites for hydroxylation is 2. The Bertz CT molecular complexity index is 1030. The molecular weight excluding hydrogens is 428 g/mol. The molecular formula is C24H32N2O3S2. The van der Waals surface area contributed by atoms with Gasteiger partial charge in [-0.25, -0.2) is 8.42 Å². The van der Waals surface area contributed by atoms with E-state index in [0.29, 0.717) is 28.6 Å². The second-order valence-electron chi connectivity index (χ2n) is 8.22. The molecule has 5 nitrogen and oxygen atoms in total. The fourth-order valence-corrected chi connectivity index (χ4v) is 6.43. The molecule has 0 atom stereocenters. The average molecular weight is 461 g/mol. The predicted molar refractivity (Wildman–Crippen MR) is 130 cm³/mol. The van der Waals surface area contributed by atoms with Crippen LogP contribution in [-0.2, 0) is 10.0 Å². The molecule has 0 bridgehead atoms. The van der Waals surface area contributed by atoms with Crippen LogP contribution >= 0.6 is 11.8 Å². The zero-order valence-corrected chi connectivity index (χ0v) is 20.2. The van der Waals surface area contributed by atoms with E-state index in [2.05, 4.69) is 10.0 Å². The second-order valence-corrected chi connectivity index (χ2v) is 11.3. The normalized spacial score (nSPS) is 14.9. The zero-order valence-electron chi connectivity index (χ0n) is 18.5. The summed E-state index contributed by atoms with van der Waals surface area (Å²) in [6.45, 7) is 6.14. The molecule has 2 N–H and O–H groups in total. The monoisotopic (exact) mass is 460 g/mol. The Labute approximate surface area is 190 Å². The third-order valence-electron chi connectivity index (χ3n) is 5.88. The molecule has 0 spiro atoms. The molecule has 0 radical (unpaired) electrons. The zero-order chi connectivity index (χ0) is 22.4. The molecule has 1 aliphatic carbocycles. The van der Waals surface area contributed by atoms with E-state index in [0.717, 1.165) is 16.9 Å². The summed E-state index contributed by atoms with van der Waals surface area (Å²) < 4.78 is 28.8. The maximum Gasteiger partial charge on any atom is 0.262 e. The third kappa shape index (κ3) is 6.26. The van der Waals surface area contributed by atoms with Crippen molar-refractivity contribution in [3.63, 3.8) is 0 Å². The van der Waals surface area contributed by atoms with Crippen molar-refractivity contribution in [2.45, 2.75) is 63.0 Å². The fourth-order valence-electron chi connectivity index (χ4n) is 3.82. The Balaban J connectivity index is 1.65. The van der Waals surface area contributed by atoms with Crippen molar-refractivity contribution in [3.8, 4) is 0 Å². The van der Waals surface area contributed by atoms with Crippen molar-refractivity contribution < 1.29 is 13.2 Å². The first-order chi connectivity index (χ1) is 14.8. The van der Waals surface area contributed by atoms with Gasteiger partial charge in [-0.3, -0.25) is 9.52 Å². The summed E-state index contributed by atoms with van der Waals surface area (Å²) in [5, 5.41) is 3.63. The van der Waals surface area contributed by atoms with Crippen LogP contribution in [0.1, 0.15) is 59.2 Å². The Hall–Kier alpha value is -1.99. The van der Waals surface area contributed by atoms with Gasteiger partial charge in [-0.2, -0.15) is 11.8 Å². The largest absolute Gasteiger partial charge is 0.351 e. The Morgan fingerprint density at radius 1 is 1.03 bits per heavy atom. The van der Waals surface area contributed by atoms with E-state index in [-0.39, 0.29) is 10.8 Å². The Morgan fingerprint density at radius 2 is 1.77 bits per heavy atom. The molecule has 0 saturated heterocycles. The first-order valence-corrected chi connectivity index (χ1v) is 13.4. The van der Waals surface area contributed by atoms with Gasteiger partial charge in [0.2, 0.25) is 0 Å². The van der Waals surface area contributed by atoms with Crippen molar-refractivity contribution >= 4 is 33.4 Å². The van der Waals surface area contributed by atoms with E-state index < -0.39 is 10.0 Å². The summed E-state index contributed by atoms with van der Waals surface area (Å²) in [5.74, 6) is 0.633. The van der Waals surface area contributed by atoms with Gasteiger partial charge in [0.1, 0.15) is 0 Å². The van der Waals surface area contributed by atoms with E-state index in [1.807, 2.05) is 37.7 Å². The molecule has 168 valence electrons. The summed E-state index contributed by atoms with van der Waals surface area (Å²) in [7, 11) is -3.81. The molecule has 7 heteroatoms. The van der Waals surface area contributed by atoms with Gasteiger partial charge >= 0.3 is 0 Å². The lowest BCUT2D eigenvalue weighted by Gasteiger charge is -2.20. The Morgan fingerprint density at radius 3 is 2.52 bits per heavy atom. The highest BCUT2D eigenvalue weighted by molar-refractivity contribution is 7.99. The molecule has 1 aliphatic rings. The van der Waals surface area contributed by atoms with Crippen LogP contribution in [0.3, 0.4) is 0 Å². The van der Waals surface area contributed by atoms with Gasteiger partial charge in [0, 0.05) is 23.1 Å². The molecule has 0 heterocycles. The summed E-state index contributed by atoms with van der Waals surface area (Å²) in [4.78, 5) is 12.7. The van der Waals surface area contributed by atoms with Crippen LogP contribution in [0.15, 0.2) is 41.3 Å². The van der Waals surface area contributed by atoms with Gasteiger partial charge in [-0.1, -0.05) is 37.5 Å². The number of benzene rings is 2. The number of thioether (sulfide) groups is 1. The number of anilines is 1. The van der Waals surface area contributed by atoms with Crippen LogP contribution in [0.25, 0.3) is 0 Å². The van der Waals surface area contributed by atoms with Crippen LogP contribution in [0.5, 0.6) is 0 Å². The van der Waals surface area contributed by atoms with E-state index in [4.69, 9.17) is 0 Å². The van der Waals surface area contributed by atoms with Gasteiger partial charge in [-0.05, 0) is 68.5 Å². The highest BCUT2D eigenvalue weighted by atomic mass is 32.2. The van der Waals surface area contributed by atoms with Crippen LogP contribution in [0, 0.1) is 20.8 Å². The molecule has 1 fully saturated rings. The molecule has 1 saturated carbocycles. The first kappa shape index (κ1) is 23.7. The lowest BCUT2D eigenvalue weighted by molar-refractivity contribution is 0.0956. The standard InChI is InChI=1S/C24H32N2O3S2/c1-17-8-7-11-22(19(17)3)26-31(28,29)23-16-20(13-12-18(23)2)24(27)25-14-15-30-21-9-5-4-6-10-21/h7-8,11-13,16,21,26H,4-6,9-10,14-15H2,1-3H3,(H,25,27). The van der Waals surface area contributed by atoms with Gasteiger partial charge in [0.25, 0.3) is 15.9 Å². The second kappa shape index (κ2) is 10.6.